The molecule has 2 heterocycles. The van der Waals surface area contributed by atoms with Crippen LogP contribution in [0.2, 0.25) is 0 Å². The van der Waals surface area contributed by atoms with Crippen LogP contribution in [0.25, 0.3) is 5.69 Å². The number of nitrogens with zero attached hydrogens (tertiary/aromatic N) is 2. The number of hydrogen-bond acceptors (Lipinski definition) is 5. The molecule has 2 atom stereocenters. The number of benzene rings is 1. The Morgan fingerprint density at radius 2 is 1.81 bits per heavy atom. The highest BCUT2D eigenvalue weighted by Crippen LogP contribution is 2.19. The molecule has 1 aliphatic rings. The number of amides is 1. The fourth-order valence-electron chi connectivity index (χ4n) is 3.00. The Morgan fingerprint density at radius 1 is 1.15 bits per heavy atom. The van der Waals surface area contributed by atoms with Crippen LogP contribution in [0.1, 0.15) is 10.4 Å². The van der Waals surface area contributed by atoms with Crippen LogP contribution in [0.5, 0.6) is 0 Å². The minimum Gasteiger partial charge on any atom is -0.469 e. The summed E-state index contributed by atoms with van der Waals surface area (Å²) in [6.45, 7) is 0.372. The van der Waals surface area contributed by atoms with Crippen molar-refractivity contribution in [3.8, 4) is 5.69 Å². The summed E-state index contributed by atoms with van der Waals surface area (Å²) in [7, 11) is 1.28. The lowest BCUT2D eigenvalue weighted by Gasteiger charge is -2.17. The topological polar surface area (TPSA) is 94.6 Å². The number of nitrogens with two attached hydrogens (primary N) is 1. The molecule has 0 spiro atoms. The molecule has 0 saturated carbocycles. The molecule has 1 amide bonds. The first kappa shape index (κ1) is 20.6. The van der Waals surface area contributed by atoms with E-state index in [1.807, 2.05) is 0 Å². The molecule has 1 fully saturated rings. The van der Waals surface area contributed by atoms with E-state index in [9.17, 15) is 18.8 Å². The zero-order valence-corrected chi connectivity index (χ0v) is 15.3. The van der Waals surface area contributed by atoms with Gasteiger partial charge in [-0.3, -0.25) is 19.0 Å². The van der Waals surface area contributed by atoms with Crippen molar-refractivity contribution in [2.75, 3.05) is 20.2 Å². The molecular weight excluding hydrogens is 377 g/mol. The van der Waals surface area contributed by atoms with Crippen LogP contribution in [0.3, 0.4) is 0 Å². The van der Waals surface area contributed by atoms with E-state index in [0.717, 1.165) is 0 Å². The van der Waals surface area contributed by atoms with Crippen LogP contribution < -0.4 is 11.3 Å². The first-order valence-corrected chi connectivity index (χ1v) is 8.02. The number of hydrogen-bond donors (Lipinski definition) is 1. The Hall–Kier alpha value is -2.71. The molecule has 1 aromatic carbocycles. The van der Waals surface area contributed by atoms with Crippen molar-refractivity contribution < 1.29 is 18.7 Å². The van der Waals surface area contributed by atoms with Crippen LogP contribution in [0.4, 0.5) is 4.39 Å². The molecule has 1 aromatic heterocycles. The van der Waals surface area contributed by atoms with Crippen molar-refractivity contribution in [3.05, 3.63) is 64.3 Å². The Bertz CT molecular complexity index is 900. The third kappa shape index (κ3) is 4.17. The van der Waals surface area contributed by atoms with Crippen LogP contribution in [-0.4, -0.2) is 47.6 Å². The van der Waals surface area contributed by atoms with Crippen LogP contribution >= 0.6 is 12.4 Å². The molecule has 0 aliphatic carbocycles. The van der Waals surface area contributed by atoms with Gasteiger partial charge in [-0.15, -0.1) is 12.4 Å². The number of esters is 1. The van der Waals surface area contributed by atoms with E-state index >= 15 is 0 Å². The molecule has 0 radical (unpaired) electrons. The van der Waals surface area contributed by atoms with Gasteiger partial charge in [-0.2, -0.15) is 0 Å². The summed E-state index contributed by atoms with van der Waals surface area (Å²) in [5, 5.41) is 0. The average Bonchev–Trinajstić information content (AvgIpc) is 3.03. The summed E-state index contributed by atoms with van der Waals surface area (Å²) in [4.78, 5) is 38.0. The maximum Gasteiger partial charge on any atom is 0.312 e. The Kier molecular flexibility index (Phi) is 6.35. The zero-order valence-electron chi connectivity index (χ0n) is 14.5. The predicted molar refractivity (Wildman–Crippen MR) is 98.6 cm³/mol. The van der Waals surface area contributed by atoms with Crippen molar-refractivity contribution in [2.24, 2.45) is 11.7 Å². The highest BCUT2D eigenvalue weighted by molar-refractivity contribution is 5.94. The molecule has 7 nitrogen and oxygen atoms in total. The van der Waals surface area contributed by atoms with E-state index in [4.69, 9.17) is 10.5 Å². The van der Waals surface area contributed by atoms with Crippen molar-refractivity contribution in [1.29, 1.82) is 0 Å². The van der Waals surface area contributed by atoms with Gasteiger partial charge in [-0.1, -0.05) is 0 Å². The van der Waals surface area contributed by atoms with E-state index in [0.29, 0.717) is 5.69 Å². The molecule has 27 heavy (non-hydrogen) atoms. The maximum atomic E-state index is 13.1. The minimum atomic E-state index is -0.577. The number of halogens is 2. The average molecular weight is 396 g/mol. The number of carbonyl (C=O) groups is 2. The highest BCUT2D eigenvalue weighted by atomic mass is 35.5. The van der Waals surface area contributed by atoms with Crippen molar-refractivity contribution in [2.45, 2.75) is 6.04 Å². The number of aromatic nitrogens is 1. The number of methoxy groups -OCH3 is 1. The summed E-state index contributed by atoms with van der Waals surface area (Å²) in [5.41, 5.74) is 6.30. The normalized spacial score (nSPS) is 18.7. The van der Waals surface area contributed by atoms with Crippen LogP contribution in [0.15, 0.2) is 47.4 Å². The van der Waals surface area contributed by atoms with Gasteiger partial charge >= 0.3 is 5.97 Å². The van der Waals surface area contributed by atoms with Gasteiger partial charge in [0.05, 0.1) is 18.6 Å². The fourth-order valence-corrected chi connectivity index (χ4v) is 3.00. The maximum absolute atomic E-state index is 13.1. The second kappa shape index (κ2) is 8.32. The van der Waals surface area contributed by atoms with E-state index in [-0.39, 0.29) is 42.5 Å². The summed E-state index contributed by atoms with van der Waals surface area (Å²) in [6, 6.07) is 7.54. The SMILES string of the molecule is COC(=O)C1CN(C(=O)c2ccc(=O)n(-c3ccc(F)cc3)c2)CC1N.Cl. The molecule has 2 aromatic rings. The largest absolute Gasteiger partial charge is 0.469 e. The van der Waals surface area contributed by atoms with Gasteiger partial charge < -0.3 is 15.4 Å². The summed E-state index contributed by atoms with van der Waals surface area (Å²) in [5.74, 6) is -1.80. The third-order valence-corrected chi connectivity index (χ3v) is 4.42. The standard InChI is InChI=1S/C18H18FN3O4.ClH/c1-26-18(25)14-9-21(10-15(14)20)17(24)11-2-7-16(23)22(8-11)13-5-3-12(19)4-6-13;/h2-8,14-15H,9-10,20H2,1H3;1H. The Morgan fingerprint density at radius 3 is 2.44 bits per heavy atom. The number of carbonyl (C=O) groups excluding carboxylic acids is 2. The number of likely N-dealkylation sites (tertiary alicyclic amines) is 1. The van der Waals surface area contributed by atoms with E-state index in [1.54, 1.807) is 0 Å². The van der Waals surface area contributed by atoms with Crippen molar-refractivity contribution >= 4 is 24.3 Å². The van der Waals surface area contributed by atoms with Gasteiger partial charge in [0.2, 0.25) is 0 Å². The fraction of sp³-hybridized carbons (Fsp3) is 0.278. The van der Waals surface area contributed by atoms with Crippen molar-refractivity contribution in [3.63, 3.8) is 0 Å². The quantitative estimate of drug-likeness (QED) is 0.781. The lowest BCUT2D eigenvalue weighted by Crippen LogP contribution is -2.35. The number of ether oxygens (including phenoxy) is 1. The summed E-state index contributed by atoms with van der Waals surface area (Å²) in [6.07, 6.45) is 1.40. The number of pyridine rings is 1. The second-order valence-corrected chi connectivity index (χ2v) is 6.11. The third-order valence-electron chi connectivity index (χ3n) is 4.42. The smallest absolute Gasteiger partial charge is 0.312 e. The minimum absolute atomic E-state index is 0. The van der Waals surface area contributed by atoms with Gasteiger partial charge in [0, 0.05) is 37.1 Å². The number of rotatable bonds is 3. The summed E-state index contributed by atoms with van der Waals surface area (Å²) >= 11 is 0. The first-order valence-electron chi connectivity index (χ1n) is 8.02. The predicted octanol–water partition coefficient (Wildman–Crippen LogP) is 0.971. The Balaban J connectivity index is 0.00000261. The molecule has 2 N–H and O–H groups in total. The van der Waals surface area contributed by atoms with E-state index in [2.05, 4.69) is 0 Å². The first-order chi connectivity index (χ1) is 12.4. The van der Waals surface area contributed by atoms with Crippen molar-refractivity contribution in [1.82, 2.24) is 9.47 Å². The molecule has 1 aliphatic heterocycles. The molecule has 0 bridgehead atoms. The lowest BCUT2D eigenvalue weighted by atomic mass is 10.1. The molecule has 2 unspecified atom stereocenters. The highest BCUT2D eigenvalue weighted by Gasteiger charge is 2.38. The molecule has 144 valence electrons. The zero-order chi connectivity index (χ0) is 18.8. The second-order valence-electron chi connectivity index (χ2n) is 6.11. The lowest BCUT2D eigenvalue weighted by molar-refractivity contribution is -0.145. The van der Waals surface area contributed by atoms with Gasteiger partial charge in [0.25, 0.3) is 11.5 Å². The van der Waals surface area contributed by atoms with Gasteiger partial charge in [-0.25, -0.2) is 4.39 Å². The van der Waals surface area contributed by atoms with Crippen LogP contribution in [0, 0.1) is 11.7 Å². The van der Waals surface area contributed by atoms with Gasteiger partial charge in [0.15, 0.2) is 0 Å². The van der Waals surface area contributed by atoms with E-state index < -0.39 is 23.7 Å². The monoisotopic (exact) mass is 395 g/mol. The van der Waals surface area contributed by atoms with E-state index in [1.165, 1.54) is 59.2 Å². The van der Waals surface area contributed by atoms with Crippen LogP contribution in [-0.2, 0) is 9.53 Å². The molecule has 1 saturated heterocycles. The Labute approximate surface area is 160 Å². The van der Waals surface area contributed by atoms with Gasteiger partial charge in [-0.05, 0) is 30.3 Å². The van der Waals surface area contributed by atoms with Gasteiger partial charge in [0.1, 0.15) is 5.82 Å². The molecule has 3 rings (SSSR count). The molecular formula is C18H19ClFN3O4. The molecule has 9 heteroatoms. The summed E-state index contributed by atoms with van der Waals surface area (Å²) < 4.78 is 19.1.